The van der Waals surface area contributed by atoms with Gasteiger partial charge in [-0.2, -0.15) is 0 Å². The first kappa shape index (κ1) is 35.5. The van der Waals surface area contributed by atoms with Crippen LogP contribution in [0.1, 0.15) is 47.2 Å². The van der Waals surface area contributed by atoms with Crippen LogP contribution in [0.4, 0.5) is 17.1 Å². The van der Waals surface area contributed by atoms with Crippen molar-refractivity contribution in [3.05, 3.63) is 258 Å². The van der Waals surface area contributed by atoms with Gasteiger partial charge in [0.1, 0.15) is 0 Å². The molecule has 61 heavy (non-hydrogen) atoms. The van der Waals surface area contributed by atoms with Crippen LogP contribution in [-0.4, -0.2) is 0 Å². The third-order valence-corrected chi connectivity index (χ3v) is 13.7. The molecule has 0 unspecified atom stereocenters. The van der Waals surface area contributed by atoms with Crippen molar-refractivity contribution >= 4 is 38.6 Å². The van der Waals surface area contributed by atoms with E-state index in [2.05, 4.69) is 243 Å². The highest BCUT2D eigenvalue weighted by molar-refractivity contribution is 6.13. The smallest absolute Gasteiger partial charge is 0.0713 e. The molecule has 2 aliphatic carbocycles. The molecule has 2 aliphatic rings. The van der Waals surface area contributed by atoms with Gasteiger partial charge in [0.15, 0.2) is 0 Å². The quantitative estimate of drug-likeness (QED) is 0.152. The summed E-state index contributed by atoms with van der Waals surface area (Å²) in [6, 6.07) is 83.5. The first-order valence-electron chi connectivity index (χ1n) is 21.4. The van der Waals surface area contributed by atoms with Gasteiger partial charge in [0.2, 0.25) is 0 Å². The maximum absolute atomic E-state index is 2.47. The Kier molecular flexibility index (Phi) is 7.86. The van der Waals surface area contributed by atoms with Gasteiger partial charge in [-0.1, -0.05) is 196 Å². The van der Waals surface area contributed by atoms with Gasteiger partial charge in [-0.3, -0.25) is 0 Å². The summed E-state index contributed by atoms with van der Waals surface area (Å²) >= 11 is 0. The van der Waals surface area contributed by atoms with Crippen LogP contribution >= 0.6 is 0 Å². The van der Waals surface area contributed by atoms with Crippen LogP contribution in [0.15, 0.2) is 224 Å². The predicted octanol–water partition coefficient (Wildman–Crippen LogP) is 15.8. The van der Waals surface area contributed by atoms with Gasteiger partial charge < -0.3 is 4.90 Å². The van der Waals surface area contributed by atoms with Crippen molar-refractivity contribution < 1.29 is 0 Å². The van der Waals surface area contributed by atoms with Crippen molar-refractivity contribution in [3.8, 4) is 33.4 Å². The molecule has 0 heterocycles. The number of nitrogens with zero attached hydrogens (tertiary/aromatic N) is 1. The Labute approximate surface area is 357 Å². The van der Waals surface area contributed by atoms with Crippen LogP contribution in [-0.2, 0) is 10.8 Å². The maximum Gasteiger partial charge on any atom is 0.0713 e. The first-order chi connectivity index (χ1) is 30.0. The van der Waals surface area contributed by atoms with Gasteiger partial charge in [0.25, 0.3) is 0 Å². The molecule has 0 amide bonds. The Balaban J connectivity index is 1.06. The predicted molar refractivity (Wildman–Crippen MR) is 256 cm³/mol. The largest absolute Gasteiger partial charge is 0.310 e. The van der Waals surface area contributed by atoms with E-state index in [9.17, 15) is 0 Å². The third kappa shape index (κ3) is 5.20. The lowest BCUT2D eigenvalue weighted by atomic mass is 9.68. The van der Waals surface area contributed by atoms with Crippen molar-refractivity contribution in [2.75, 3.05) is 4.90 Å². The zero-order valence-corrected chi connectivity index (χ0v) is 34.3. The normalized spacial score (nSPS) is 14.0. The molecule has 10 aromatic rings. The minimum absolute atomic E-state index is 0.129. The average molecular weight is 778 g/mol. The Bertz CT molecular complexity index is 3280. The standard InChI is InChI=1S/C60H43N/c1-59(2)55-27-15-13-25-50(55)52-35-33-46(39-58(52)59)61(44-31-29-40(30-32-44)53-37-41-17-9-10-22-47(41)48-23-11-12-24-49(48)53)45-34-36-57-54(38-45)51-26-14-16-28-56(51)60(57,42-18-5-3-6-19-42)43-20-7-4-8-21-43/h3-39H,1-2H3. The van der Waals surface area contributed by atoms with Gasteiger partial charge in [-0.25, -0.2) is 0 Å². The van der Waals surface area contributed by atoms with Crippen molar-refractivity contribution in [2.24, 2.45) is 0 Å². The van der Waals surface area contributed by atoms with Crippen LogP contribution in [0, 0.1) is 0 Å². The number of benzene rings is 10. The second kappa shape index (κ2) is 13.5. The molecule has 10 aromatic carbocycles. The van der Waals surface area contributed by atoms with Crippen molar-refractivity contribution in [2.45, 2.75) is 24.7 Å². The number of hydrogen-bond donors (Lipinski definition) is 0. The molecule has 0 aromatic heterocycles. The molecule has 288 valence electrons. The van der Waals surface area contributed by atoms with Crippen LogP contribution in [0.2, 0.25) is 0 Å². The van der Waals surface area contributed by atoms with E-state index in [1.807, 2.05) is 0 Å². The summed E-state index contributed by atoms with van der Waals surface area (Å²) in [7, 11) is 0. The second-order valence-electron chi connectivity index (χ2n) is 17.2. The highest BCUT2D eigenvalue weighted by Crippen LogP contribution is 2.57. The third-order valence-electron chi connectivity index (χ3n) is 13.7. The van der Waals surface area contributed by atoms with Gasteiger partial charge in [0.05, 0.1) is 5.41 Å². The molecule has 0 atom stereocenters. The molecule has 0 aliphatic heterocycles. The Morgan fingerprint density at radius 3 is 1.54 bits per heavy atom. The van der Waals surface area contributed by atoms with E-state index in [1.165, 1.54) is 88.3 Å². The Morgan fingerprint density at radius 2 is 0.820 bits per heavy atom. The maximum atomic E-state index is 2.47. The lowest BCUT2D eigenvalue weighted by Gasteiger charge is -2.34. The summed E-state index contributed by atoms with van der Waals surface area (Å²) in [5.41, 5.74) is 18.4. The van der Waals surface area contributed by atoms with E-state index in [1.54, 1.807) is 0 Å². The molecule has 0 spiro atoms. The SMILES string of the molecule is CC1(C)c2ccccc2-c2ccc(N(c3ccc(-c4cc5ccccc5c5ccccc45)cc3)c3ccc4c(c3)-c3ccccc3C4(c3ccccc3)c3ccccc3)cc21. The Hall–Kier alpha value is -7.48. The highest BCUT2D eigenvalue weighted by Gasteiger charge is 2.46. The number of hydrogen-bond acceptors (Lipinski definition) is 1. The molecule has 0 saturated carbocycles. The second-order valence-corrected chi connectivity index (χ2v) is 17.2. The van der Waals surface area contributed by atoms with E-state index in [0.29, 0.717) is 0 Å². The summed E-state index contributed by atoms with van der Waals surface area (Å²) in [4.78, 5) is 2.47. The van der Waals surface area contributed by atoms with Crippen molar-refractivity contribution in [3.63, 3.8) is 0 Å². The monoisotopic (exact) mass is 777 g/mol. The molecule has 0 saturated heterocycles. The van der Waals surface area contributed by atoms with Gasteiger partial charge in [-0.15, -0.1) is 0 Å². The van der Waals surface area contributed by atoms with E-state index in [0.717, 1.165) is 17.1 Å². The molecule has 0 fully saturated rings. The average Bonchev–Trinajstić information content (AvgIpc) is 3.75. The highest BCUT2D eigenvalue weighted by atomic mass is 15.1. The van der Waals surface area contributed by atoms with Crippen LogP contribution < -0.4 is 4.90 Å². The minimum Gasteiger partial charge on any atom is -0.310 e. The first-order valence-corrected chi connectivity index (χ1v) is 21.4. The van der Waals surface area contributed by atoms with Crippen LogP contribution in [0.3, 0.4) is 0 Å². The minimum atomic E-state index is -0.453. The fourth-order valence-corrected chi connectivity index (χ4v) is 10.9. The van der Waals surface area contributed by atoms with E-state index in [-0.39, 0.29) is 5.41 Å². The lowest BCUT2D eigenvalue weighted by molar-refractivity contribution is 0.660. The van der Waals surface area contributed by atoms with E-state index >= 15 is 0 Å². The topological polar surface area (TPSA) is 3.24 Å². The number of anilines is 3. The number of fused-ring (bicyclic) bond motifs is 9. The van der Waals surface area contributed by atoms with Gasteiger partial charge in [0, 0.05) is 22.5 Å². The zero-order chi connectivity index (χ0) is 40.7. The fourth-order valence-electron chi connectivity index (χ4n) is 10.9. The van der Waals surface area contributed by atoms with E-state index in [4.69, 9.17) is 0 Å². The summed E-state index contributed by atoms with van der Waals surface area (Å²) in [5.74, 6) is 0. The Morgan fingerprint density at radius 1 is 0.311 bits per heavy atom. The number of rotatable bonds is 6. The summed E-state index contributed by atoms with van der Waals surface area (Å²) in [6.45, 7) is 4.74. The summed E-state index contributed by atoms with van der Waals surface area (Å²) < 4.78 is 0. The molecular weight excluding hydrogens is 735 g/mol. The lowest BCUT2D eigenvalue weighted by Crippen LogP contribution is -2.28. The fraction of sp³-hybridized carbons (Fsp3) is 0.0667. The van der Waals surface area contributed by atoms with Crippen molar-refractivity contribution in [1.82, 2.24) is 0 Å². The molecule has 0 radical (unpaired) electrons. The zero-order valence-electron chi connectivity index (χ0n) is 34.3. The summed E-state index contributed by atoms with van der Waals surface area (Å²) in [5, 5.41) is 5.09. The van der Waals surface area contributed by atoms with Gasteiger partial charge in [-0.05, 0) is 131 Å². The molecule has 0 N–H and O–H groups in total. The summed E-state index contributed by atoms with van der Waals surface area (Å²) in [6.07, 6.45) is 0. The molecular formula is C60H43N. The van der Waals surface area contributed by atoms with E-state index < -0.39 is 5.41 Å². The molecule has 1 heteroatoms. The molecule has 0 bridgehead atoms. The van der Waals surface area contributed by atoms with Crippen LogP contribution in [0.5, 0.6) is 0 Å². The molecule has 1 nitrogen and oxygen atoms in total. The van der Waals surface area contributed by atoms with Gasteiger partial charge >= 0.3 is 0 Å². The van der Waals surface area contributed by atoms with Crippen LogP contribution in [0.25, 0.3) is 54.9 Å². The molecule has 12 rings (SSSR count). The van der Waals surface area contributed by atoms with Crippen molar-refractivity contribution in [1.29, 1.82) is 0 Å².